The van der Waals surface area contributed by atoms with Gasteiger partial charge in [-0.05, 0) is 45.4 Å². The number of imidazole rings is 1. The molecule has 4 heterocycles. The highest BCUT2D eigenvalue weighted by molar-refractivity contribution is 6.07. The van der Waals surface area contributed by atoms with Crippen molar-refractivity contribution in [2.24, 2.45) is 0 Å². The van der Waals surface area contributed by atoms with Gasteiger partial charge in [0.1, 0.15) is 17.2 Å². The molecule has 1 atom stereocenters. The van der Waals surface area contributed by atoms with E-state index in [9.17, 15) is 9.59 Å². The fourth-order valence-corrected chi connectivity index (χ4v) is 4.54. The Labute approximate surface area is 185 Å². The van der Waals surface area contributed by atoms with Gasteiger partial charge in [0.2, 0.25) is 5.91 Å². The van der Waals surface area contributed by atoms with Crippen LogP contribution in [0.4, 0.5) is 5.82 Å². The summed E-state index contributed by atoms with van der Waals surface area (Å²) in [6, 6.07) is 13.9. The van der Waals surface area contributed by atoms with Crippen LogP contribution in [0.5, 0.6) is 0 Å². The number of carbonyl (C=O) groups excluding carboxylic acids is 1. The second-order valence-corrected chi connectivity index (χ2v) is 8.98. The Balaban J connectivity index is 1.82. The van der Waals surface area contributed by atoms with Crippen LogP contribution in [0, 0.1) is 6.92 Å². The number of nitrogens with one attached hydrogen (secondary N) is 1. The van der Waals surface area contributed by atoms with Crippen molar-refractivity contribution in [1.82, 2.24) is 19.5 Å². The second kappa shape index (κ2) is 6.88. The number of aromatic nitrogens is 4. The van der Waals surface area contributed by atoms with Crippen LogP contribution >= 0.6 is 0 Å². The molecule has 3 aromatic heterocycles. The van der Waals surface area contributed by atoms with E-state index < -0.39 is 5.41 Å². The molecular weight excluding hydrogens is 402 g/mol. The van der Waals surface area contributed by atoms with E-state index in [4.69, 9.17) is 9.97 Å². The number of amides is 1. The molecule has 7 heteroatoms. The summed E-state index contributed by atoms with van der Waals surface area (Å²) in [5, 5.41) is 0. The van der Waals surface area contributed by atoms with Crippen LogP contribution < -0.4 is 10.5 Å². The van der Waals surface area contributed by atoms with Gasteiger partial charge in [0.25, 0.3) is 5.56 Å². The SMILES string of the molecule is Cc1cc(-c2nc3cc4c(nc3n2[C@@H](C)c2ccccc2)N(C)C(=O)C4(C)C)c[nH]c1=O. The van der Waals surface area contributed by atoms with Gasteiger partial charge in [0.05, 0.1) is 11.5 Å². The number of nitrogens with zero attached hydrogens (tertiary/aromatic N) is 4. The molecule has 0 fully saturated rings. The topological polar surface area (TPSA) is 83.9 Å². The first-order valence-corrected chi connectivity index (χ1v) is 10.7. The summed E-state index contributed by atoms with van der Waals surface area (Å²) in [4.78, 5) is 39.1. The van der Waals surface area contributed by atoms with Crippen molar-refractivity contribution in [1.29, 1.82) is 0 Å². The van der Waals surface area contributed by atoms with Gasteiger partial charge in [-0.3, -0.25) is 14.5 Å². The molecule has 162 valence electrons. The number of hydrogen-bond donors (Lipinski definition) is 1. The maximum Gasteiger partial charge on any atom is 0.250 e. The number of likely N-dealkylation sites (N-methyl/N-ethyl adjacent to an activating group) is 1. The lowest BCUT2D eigenvalue weighted by atomic mass is 9.87. The van der Waals surface area contributed by atoms with E-state index in [1.807, 2.05) is 44.2 Å². The third-order valence-corrected chi connectivity index (χ3v) is 6.49. The van der Waals surface area contributed by atoms with E-state index in [1.165, 1.54) is 0 Å². The molecule has 5 rings (SSSR count). The van der Waals surface area contributed by atoms with Gasteiger partial charge in [-0.2, -0.15) is 0 Å². The van der Waals surface area contributed by atoms with Crippen LogP contribution in [0.25, 0.3) is 22.6 Å². The Morgan fingerprint density at radius 1 is 1.06 bits per heavy atom. The zero-order chi connectivity index (χ0) is 22.8. The van der Waals surface area contributed by atoms with E-state index in [0.717, 1.165) is 28.0 Å². The summed E-state index contributed by atoms with van der Waals surface area (Å²) in [7, 11) is 1.77. The largest absolute Gasteiger partial charge is 0.328 e. The highest BCUT2D eigenvalue weighted by atomic mass is 16.2. The minimum Gasteiger partial charge on any atom is -0.328 e. The number of rotatable bonds is 3. The maximum atomic E-state index is 12.8. The van der Waals surface area contributed by atoms with Gasteiger partial charge in [-0.15, -0.1) is 0 Å². The summed E-state index contributed by atoms with van der Waals surface area (Å²) in [5.74, 6) is 1.41. The van der Waals surface area contributed by atoms with Gasteiger partial charge in [0, 0.05) is 29.9 Å². The molecule has 0 spiro atoms. The molecule has 1 aliphatic heterocycles. The number of pyridine rings is 2. The summed E-state index contributed by atoms with van der Waals surface area (Å²) < 4.78 is 2.08. The number of fused-ring (bicyclic) bond motifs is 2. The predicted molar refractivity (Wildman–Crippen MR) is 125 cm³/mol. The zero-order valence-corrected chi connectivity index (χ0v) is 18.8. The van der Waals surface area contributed by atoms with Gasteiger partial charge in [0.15, 0.2) is 5.65 Å². The lowest BCUT2D eigenvalue weighted by Gasteiger charge is -2.18. The van der Waals surface area contributed by atoms with Gasteiger partial charge in [-0.25, -0.2) is 9.97 Å². The summed E-state index contributed by atoms with van der Waals surface area (Å²) in [6.07, 6.45) is 1.69. The number of anilines is 1. The molecule has 0 aliphatic carbocycles. The zero-order valence-electron chi connectivity index (χ0n) is 18.8. The molecule has 1 aliphatic rings. The Morgan fingerprint density at radius 3 is 2.47 bits per heavy atom. The Hall–Kier alpha value is -3.74. The lowest BCUT2D eigenvalue weighted by Crippen LogP contribution is -2.33. The number of benzene rings is 1. The van der Waals surface area contributed by atoms with Gasteiger partial charge < -0.3 is 9.55 Å². The number of carbonyl (C=O) groups is 1. The monoisotopic (exact) mass is 427 g/mol. The van der Waals surface area contributed by atoms with Crippen molar-refractivity contribution in [3.63, 3.8) is 0 Å². The summed E-state index contributed by atoms with van der Waals surface area (Å²) in [6.45, 7) is 7.72. The van der Waals surface area contributed by atoms with E-state index >= 15 is 0 Å². The van der Waals surface area contributed by atoms with Crippen molar-refractivity contribution in [3.05, 3.63) is 75.7 Å². The minimum atomic E-state index is -0.658. The summed E-state index contributed by atoms with van der Waals surface area (Å²) >= 11 is 0. The molecule has 0 saturated carbocycles. The number of hydrogen-bond acceptors (Lipinski definition) is 4. The third kappa shape index (κ3) is 2.81. The molecule has 0 radical (unpaired) electrons. The van der Waals surface area contributed by atoms with E-state index in [-0.39, 0.29) is 17.5 Å². The third-order valence-electron chi connectivity index (χ3n) is 6.49. The number of aryl methyl sites for hydroxylation is 1. The van der Waals surface area contributed by atoms with Crippen LogP contribution in [0.1, 0.15) is 43.5 Å². The van der Waals surface area contributed by atoms with E-state index in [1.54, 1.807) is 25.1 Å². The first-order valence-electron chi connectivity index (χ1n) is 10.7. The fourth-order valence-electron chi connectivity index (χ4n) is 4.54. The van der Waals surface area contributed by atoms with E-state index in [2.05, 4.69) is 28.6 Å². The molecule has 4 aromatic rings. The molecule has 1 aromatic carbocycles. The van der Waals surface area contributed by atoms with E-state index in [0.29, 0.717) is 17.0 Å². The molecule has 0 bridgehead atoms. The van der Waals surface area contributed by atoms with Crippen LogP contribution in [-0.4, -0.2) is 32.5 Å². The molecular formula is C25H25N5O2. The van der Waals surface area contributed by atoms with Crippen LogP contribution in [0.15, 0.2) is 53.5 Å². The molecule has 32 heavy (non-hydrogen) atoms. The van der Waals surface area contributed by atoms with Crippen LogP contribution in [-0.2, 0) is 10.2 Å². The highest BCUT2D eigenvalue weighted by Crippen LogP contribution is 2.42. The van der Waals surface area contributed by atoms with Crippen molar-refractivity contribution in [2.75, 3.05) is 11.9 Å². The lowest BCUT2D eigenvalue weighted by molar-refractivity contribution is -0.121. The normalized spacial score (nSPS) is 15.9. The van der Waals surface area contributed by atoms with Crippen molar-refractivity contribution in [2.45, 2.75) is 39.2 Å². The first kappa shape index (κ1) is 20.2. The van der Waals surface area contributed by atoms with Crippen molar-refractivity contribution >= 4 is 22.9 Å². The molecule has 1 amide bonds. The van der Waals surface area contributed by atoms with Gasteiger partial charge in [-0.1, -0.05) is 30.3 Å². The van der Waals surface area contributed by atoms with Crippen LogP contribution in [0.2, 0.25) is 0 Å². The highest BCUT2D eigenvalue weighted by Gasteiger charge is 2.44. The van der Waals surface area contributed by atoms with Gasteiger partial charge >= 0.3 is 0 Å². The number of H-pyrrole nitrogens is 1. The Bertz CT molecular complexity index is 1430. The average Bonchev–Trinajstić information content (AvgIpc) is 3.24. The van der Waals surface area contributed by atoms with Crippen LogP contribution in [0.3, 0.4) is 0 Å². The first-order chi connectivity index (χ1) is 15.2. The molecule has 0 saturated heterocycles. The molecule has 1 N–H and O–H groups in total. The van der Waals surface area contributed by atoms with Crippen molar-refractivity contribution in [3.8, 4) is 11.4 Å². The Morgan fingerprint density at radius 2 is 1.78 bits per heavy atom. The Kier molecular flexibility index (Phi) is 4.34. The smallest absolute Gasteiger partial charge is 0.250 e. The average molecular weight is 428 g/mol. The van der Waals surface area contributed by atoms with Crippen molar-refractivity contribution < 1.29 is 4.79 Å². The standard InChI is InChI=1S/C25H25N5O2/c1-14-11-17(13-26-23(14)31)20-27-19-12-18-21(29(5)24(32)25(18,3)4)28-22(19)30(20)15(2)16-9-7-6-8-10-16/h6-13,15H,1-5H3,(H,26,31)/t15-/m0/s1. The number of aromatic amines is 1. The maximum absolute atomic E-state index is 12.8. The molecule has 0 unspecified atom stereocenters. The summed E-state index contributed by atoms with van der Waals surface area (Å²) in [5.41, 5.74) is 4.07. The quantitative estimate of drug-likeness (QED) is 0.536. The molecule has 7 nitrogen and oxygen atoms in total. The fraction of sp³-hybridized carbons (Fsp3) is 0.280. The second-order valence-electron chi connectivity index (χ2n) is 8.98. The predicted octanol–water partition coefficient (Wildman–Crippen LogP) is 3.96. The minimum absolute atomic E-state index is 0.0202.